The summed E-state index contributed by atoms with van der Waals surface area (Å²) in [5, 5.41) is 0. The Morgan fingerprint density at radius 2 is 1.81 bits per heavy atom. The maximum Gasteiger partial charge on any atom is 0.127 e. The van der Waals surface area contributed by atoms with Gasteiger partial charge >= 0.3 is 0 Å². The summed E-state index contributed by atoms with van der Waals surface area (Å²) in [4.78, 5) is 0. The summed E-state index contributed by atoms with van der Waals surface area (Å²) in [6.07, 6.45) is 1.96. The maximum absolute atomic E-state index is 6.16. The minimum absolute atomic E-state index is 0.0757. The molecule has 0 bridgehead atoms. The largest absolute Gasteiger partial charge is 0.493 e. The van der Waals surface area contributed by atoms with E-state index in [9.17, 15) is 0 Å². The van der Waals surface area contributed by atoms with Gasteiger partial charge in [0, 0.05) is 11.6 Å². The normalized spacial score (nSPS) is 12.6. The molecule has 2 heteroatoms. The van der Waals surface area contributed by atoms with Crippen molar-refractivity contribution in [3.63, 3.8) is 0 Å². The highest BCUT2D eigenvalue weighted by Crippen LogP contribution is 2.32. The highest BCUT2D eigenvalue weighted by Gasteiger charge is 2.15. The highest BCUT2D eigenvalue weighted by molar-refractivity contribution is 5.47. The van der Waals surface area contributed by atoms with E-state index in [2.05, 4.69) is 39.8 Å². The molecule has 1 aromatic carbocycles. The summed E-state index contributed by atoms with van der Waals surface area (Å²) in [5.74, 6) is 0.996. The first-order chi connectivity index (χ1) is 7.61. The van der Waals surface area contributed by atoms with Crippen molar-refractivity contribution in [3.8, 4) is 5.75 Å². The van der Waals surface area contributed by atoms with Gasteiger partial charge in [0.25, 0.3) is 0 Å². The van der Waals surface area contributed by atoms with Gasteiger partial charge in [0.2, 0.25) is 0 Å². The topological polar surface area (TPSA) is 35.2 Å². The fourth-order valence-corrected chi connectivity index (χ4v) is 1.87. The van der Waals surface area contributed by atoms with E-state index in [1.165, 1.54) is 16.7 Å². The molecule has 1 unspecified atom stereocenters. The van der Waals surface area contributed by atoms with Crippen molar-refractivity contribution in [2.75, 3.05) is 6.61 Å². The Hall–Kier alpha value is -1.02. The fraction of sp³-hybridized carbons (Fsp3) is 0.571. The van der Waals surface area contributed by atoms with E-state index in [1.54, 1.807) is 0 Å². The average molecular weight is 221 g/mol. The molecule has 0 fully saturated rings. The third kappa shape index (κ3) is 2.76. The summed E-state index contributed by atoms with van der Waals surface area (Å²) in [5.41, 5.74) is 9.74. The number of aryl methyl sites for hydroxylation is 2. The van der Waals surface area contributed by atoms with E-state index in [4.69, 9.17) is 10.5 Å². The van der Waals surface area contributed by atoms with Crippen LogP contribution in [0.4, 0.5) is 0 Å². The summed E-state index contributed by atoms with van der Waals surface area (Å²) >= 11 is 0. The fourth-order valence-electron chi connectivity index (χ4n) is 1.87. The van der Waals surface area contributed by atoms with Gasteiger partial charge in [0.15, 0.2) is 0 Å². The van der Waals surface area contributed by atoms with Crippen LogP contribution in [0.25, 0.3) is 0 Å². The van der Waals surface area contributed by atoms with Crippen molar-refractivity contribution in [1.82, 2.24) is 0 Å². The Bertz CT molecular complexity index is 347. The molecule has 0 saturated heterocycles. The van der Waals surface area contributed by atoms with Gasteiger partial charge in [-0.05, 0) is 37.8 Å². The van der Waals surface area contributed by atoms with Gasteiger partial charge in [0.1, 0.15) is 5.75 Å². The molecule has 0 aliphatic carbocycles. The molecule has 1 rings (SSSR count). The number of hydrogen-bond donors (Lipinski definition) is 1. The van der Waals surface area contributed by atoms with Crippen LogP contribution in [0.1, 0.15) is 49.4 Å². The van der Waals surface area contributed by atoms with Crippen LogP contribution in [0.3, 0.4) is 0 Å². The number of benzene rings is 1. The van der Waals surface area contributed by atoms with Crippen molar-refractivity contribution >= 4 is 0 Å². The van der Waals surface area contributed by atoms with Crippen molar-refractivity contribution in [2.24, 2.45) is 5.73 Å². The molecule has 2 nitrogen and oxygen atoms in total. The van der Waals surface area contributed by atoms with E-state index in [0.717, 1.165) is 25.2 Å². The first-order valence-electron chi connectivity index (χ1n) is 6.10. The molecule has 0 heterocycles. The molecular formula is C14H23NO. The molecule has 1 atom stereocenters. The number of hydrogen-bond acceptors (Lipinski definition) is 2. The standard InChI is InChI=1S/C14H23NO/c1-5-9-16-14-11(4)8-7-10(3)13(14)12(15)6-2/h7-8,12H,5-6,9,15H2,1-4H3. The molecule has 16 heavy (non-hydrogen) atoms. The van der Waals surface area contributed by atoms with E-state index in [0.29, 0.717) is 0 Å². The van der Waals surface area contributed by atoms with Crippen molar-refractivity contribution in [3.05, 3.63) is 28.8 Å². The second kappa shape index (κ2) is 5.90. The molecule has 0 amide bonds. The monoisotopic (exact) mass is 221 g/mol. The Kier molecular flexibility index (Phi) is 4.81. The van der Waals surface area contributed by atoms with Gasteiger partial charge in [-0.15, -0.1) is 0 Å². The molecule has 0 saturated carbocycles. The first-order valence-corrected chi connectivity index (χ1v) is 6.10. The van der Waals surface area contributed by atoms with Gasteiger partial charge in [-0.3, -0.25) is 0 Å². The average Bonchev–Trinajstić information content (AvgIpc) is 2.29. The number of nitrogens with two attached hydrogens (primary N) is 1. The lowest BCUT2D eigenvalue weighted by molar-refractivity contribution is 0.309. The zero-order chi connectivity index (χ0) is 12.1. The van der Waals surface area contributed by atoms with Crippen LogP contribution in [-0.2, 0) is 0 Å². The Morgan fingerprint density at radius 1 is 1.19 bits per heavy atom. The van der Waals surface area contributed by atoms with Crippen LogP contribution >= 0.6 is 0 Å². The summed E-state index contributed by atoms with van der Waals surface area (Å²) in [6.45, 7) is 9.16. The summed E-state index contributed by atoms with van der Waals surface area (Å²) < 4.78 is 5.84. The first kappa shape index (κ1) is 13.0. The molecule has 0 spiro atoms. The van der Waals surface area contributed by atoms with Gasteiger partial charge in [-0.25, -0.2) is 0 Å². The Morgan fingerprint density at radius 3 is 2.38 bits per heavy atom. The van der Waals surface area contributed by atoms with E-state index in [1.807, 2.05) is 0 Å². The quantitative estimate of drug-likeness (QED) is 0.826. The van der Waals surface area contributed by atoms with Gasteiger partial charge in [-0.2, -0.15) is 0 Å². The molecule has 1 aromatic rings. The van der Waals surface area contributed by atoms with Crippen LogP contribution in [0.2, 0.25) is 0 Å². The Balaban J connectivity index is 3.14. The molecule has 90 valence electrons. The lowest BCUT2D eigenvalue weighted by Gasteiger charge is -2.20. The minimum atomic E-state index is 0.0757. The molecule has 0 radical (unpaired) electrons. The number of rotatable bonds is 5. The van der Waals surface area contributed by atoms with E-state index in [-0.39, 0.29) is 6.04 Å². The highest BCUT2D eigenvalue weighted by atomic mass is 16.5. The van der Waals surface area contributed by atoms with Gasteiger partial charge in [-0.1, -0.05) is 26.0 Å². The minimum Gasteiger partial charge on any atom is -0.493 e. The molecule has 0 aromatic heterocycles. The summed E-state index contributed by atoms with van der Waals surface area (Å²) in [7, 11) is 0. The predicted molar refractivity (Wildman–Crippen MR) is 68.9 cm³/mol. The maximum atomic E-state index is 6.16. The zero-order valence-corrected chi connectivity index (χ0v) is 10.8. The molecule has 0 aliphatic rings. The van der Waals surface area contributed by atoms with Gasteiger partial charge in [0.05, 0.1) is 6.61 Å². The van der Waals surface area contributed by atoms with Crippen LogP contribution in [0.15, 0.2) is 12.1 Å². The van der Waals surface area contributed by atoms with Crippen molar-refractivity contribution < 1.29 is 4.74 Å². The van der Waals surface area contributed by atoms with Crippen LogP contribution in [0, 0.1) is 13.8 Å². The second-order valence-electron chi connectivity index (χ2n) is 4.31. The van der Waals surface area contributed by atoms with E-state index < -0.39 is 0 Å². The Labute approximate surface area is 98.8 Å². The SMILES string of the molecule is CCCOc1c(C)ccc(C)c1C(N)CC. The number of ether oxygens (including phenoxy) is 1. The van der Waals surface area contributed by atoms with Crippen LogP contribution in [0.5, 0.6) is 5.75 Å². The van der Waals surface area contributed by atoms with Crippen molar-refractivity contribution in [1.29, 1.82) is 0 Å². The smallest absolute Gasteiger partial charge is 0.127 e. The van der Waals surface area contributed by atoms with Crippen LogP contribution in [-0.4, -0.2) is 6.61 Å². The second-order valence-corrected chi connectivity index (χ2v) is 4.31. The molecule has 2 N–H and O–H groups in total. The summed E-state index contributed by atoms with van der Waals surface area (Å²) in [6, 6.07) is 4.30. The third-order valence-corrected chi connectivity index (χ3v) is 2.87. The molecule has 0 aliphatic heterocycles. The zero-order valence-electron chi connectivity index (χ0n) is 10.8. The predicted octanol–water partition coefficient (Wildman–Crippen LogP) is 3.50. The van der Waals surface area contributed by atoms with Crippen LogP contribution < -0.4 is 10.5 Å². The lowest BCUT2D eigenvalue weighted by Crippen LogP contribution is -2.13. The van der Waals surface area contributed by atoms with Gasteiger partial charge < -0.3 is 10.5 Å². The van der Waals surface area contributed by atoms with E-state index >= 15 is 0 Å². The van der Waals surface area contributed by atoms with Crippen molar-refractivity contribution in [2.45, 2.75) is 46.6 Å². The third-order valence-electron chi connectivity index (χ3n) is 2.87. The lowest BCUT2D eigenvalue weighted by atomic mass is 9.96. The molecular weight excluding hydrogens is 198 g/mol.